The van der Waals surface area contributed by atoms with E-state index >= 15 is 0 Å². The molecule has 1 aromatic rings. The monoisotopic (exact) mass is 269 g/mol. The fraction of sp³-hybridized carbons (Fsp3) is 0.471. The van der Waals surface area contributed by atoms with Gasteiger partial charge in [-0.3, -0.25) is 0 Å². The minimum atomic E-state index is -0.290. The first kappa shape index (κ1) is 12.8. The summed E-state index contributed by atoms with van der Waals surface area (Å²) in [5.41, 5.74) is 1.23. The Morgan fingerprint density at radius 1 is 1.26 bits per heavy atom. The number of nitriles is 1. The van der Waals surface area contributed by atoms with E-state index in [1.54, 1.807) is 0 Å². The molecule has 3 rings (SSSR count). The predicted molar refractivity (Wildman–Crippen MR) is 81.1 cm³/mol. The first-order chi connectivity index (χ1) is 9.12. The summed E-state index contributed by atoms with van der Waals surface area (Å²) >= 11 is 1.85. The minimum absolute atomic E-state index is 0.0807. The highest BCUT2D eigenvalue weighted by Crippen LogP contribution is 2.62. The summed E-state index contributed by atoms with van der Waals surface area (Å²) in [4.78, 5) is 0. The lowest BCUT2D eigenvalue weighted by molar-refractivity contribution is 0.511. The maximum absolute atomic E-state index is 9.91. The average molecular weight is 269 g/mol. The molecule has 2 aliphatic carbocycles. The largest absolute Gasteiger partial charge is 0.197 e. The van der Waals surface area contributed by atoms with E-state index in [-0.39, 0.29) is 10.2 Å². The van der Waals surface area contributed by atoms with Gasteiger partial charge in [0.25, 0.3) is 0 Å². The third kappa shape index (κ3) is 1.75. The van der Waals surface area contributed by atoms with E-state index in [0.29, 0.717) is 11.2 Å². The van der Waals surface area contributed by atoms with Crippen molar-refractivity contribution < 1.29 is 0 Å². The van der Waals surface area contributed by atoms with Gasteiger partial charge in [0, 0.05) is 10.7 Å². The summed E-state index contributed by atoms with van der Waals surface area (Å²) in [6.45, 7) is 4.39. The van der Waals surface area contributed by atoms with Crippen molar-refractivity contribution in [2.75, 3.05) is 0 Å². The lowest BCUT2D eigenvalue weighted by Crippen LogP contribution is -2.43. The zero-order valence-electron chi connectivity index (χ0n) is 11.5. The van der Waals surface area contributed by atoms with Gasteiger partial charge >= 0.3 is 0 Å². The summed E-state index contributed by atoms with van der Waals surface area (Å²) in [5.74, 6) is 0.575. The fourth-order valence-corrected chi connectivity index (χ4v) is 5.40. The number of hydrogen-bond acceptors (Lipinski definition) is 2. The Morgan fingerprint density at radius 2 is 2.00 bits per heavy atom. The number of benzene rings is 1. The van der Waals surface area contributed by atoms with Crippen LogP contribution in [0.3, 0.4) is 0 Å². The molecule has 0 spiro atoms. The van der Waals surface area contributed by atoms with Crippen LogP contribution in [0.4, 0.5) is 0 Å². The number of allylic oxidation sites excluding steroid dienone is 2. The molecule has 0 N–H and O–H groups in total. The van der Waals surface area contributed by atoms with Crippen LogP contribution >= 0.6 is 11.8 Å². The maximum atomic E-state index is 9.91. The maximum Gasteiger partial charge on any atom is 0.116 e. The molecule has 0 saturated heterocycles. The second kappa shape index (κ2) is 4.42. The summed E-state index contributed by atoms with van der Waals surface area (Å²) in [6, 6.07) is 13.3. The molecule has 0 amide bonds. The van der Waals surface area contributed by atoms with E-state index in [9.17, 15) is 5.26 Å². The first-order valence-corrected chi connectivity index (χ1v) is 7.84. The number of hydrogen-bond donors (Lipinski definition) is 0. The lowest BCUT2D eigenvalue weighted by Gasteiger charge is -2.40. The van der Waals surface area contributed by atoms with E-state index in [1.807, 2.05) is 11.8 Å². The Hall–Kier alpha value is -1.20. The van der Waals surface area contributed by atoms with Gasteiger partial charge in [-0.05, 0) is 24.3 Å². The highest BCUT2D eigenvalue weighted by Gasteiger charge is 2.61. The van der Waals surface area contributed by atoms with Crippen LogP contribution in [0.2, 0.25) is 0 Å². The normalized spacial score (nSPS) is 35.8. The SMILES string of the molecule is CC(C)S[C@]1(C#N)C[C@H]2C=C[C@]1(c1ccccc1)C2. The molecule has 0 aliphatic heterocycles. The van der Waals surface area contributed by atoms with Crippen molar-refractivity contribution >= 4 is 11.8 Å². The Bertz CT molecular complexity index is 542. The molecule has 1 fully saturated rings. The van der Waals surface area contributed by atoms with Crippen LogP contribution in [-0.4, -0.2) is 10.00 Å². The molecule has 1 aromatic carbocycles. The highest BCUT2D eigenvalue weighted by molar-refractivity contribution is 8.01. The van der Waals surface area contributed by atoms with Gasteiger partial charge in [0.05, 0.1) is 6.07 Å². The molecule has 1 nitrogen and oxygen atoms in total. The first-order valence-electron chi connectivity index (χ1n) is 6.96. The van der Waals surface area contributed by atoms with Gasteiger partial charge < -0.3 is 0 Å². The molecular weight excluding hydrogens is 250 g/mol. The molecule has 3 atom stereocenters. The van der Waals surface area contributed by atoms with Crippen LogP contribution in [0.15, 0.2) is 42.5 Å². The van der Waals surface area contributed by atoms with Crippen molar-refractivity contribution in [3.8, 4) is 6.07 Å². The smallest absolute Gasteiger partial charge is 0.116 e. The highest BCUT2D eigenvalue weighted by atomic mass is 32.2. The number of rotatable bonds is 3. The molecule has 2 heteroatoms. The average Bonchev–Trinajstić information content (AvgIpc) is 2.96. The van der Waals surface area contributed by atoms with Crippen LogP contribution in [0.25, 0.3) is 0 Å². The lowest BCUT2D eigenvalue weighted by atomic mass is 9.72. The number of fused-ring (bicyclic) bond motifs is 2. The molecule has 0 aromatic heterocycles. The Kier molecular flexibility index (Phi) is 2.98. The molecule has 19 heavy (non-hydrogen) atoms. The topological polar surface area (TPSA) is 23.8 Å². The molecule has 2 bridgehead atoms. The molecular formula is C17H19NS. The van der Waals surface area contributed by atoms with Crippen LogP contribution in [0, 0.1) is 17.2 Å². The van der Waals surface area contributed by atoms with Crippen LogP contribution < -0.4 is 0 Å². The second-order valence-corrected chi connectivity index (χ2v) is 7.85. The van der Waals surface area contributed by atoms with Gasteiger partial charge in [0.15, 0.2) is 0 Å². The van der Waals surface area contributed by atoms with Crippen LogP contribution in [0.1, 0.15) is 32.3 Å². The Balaban J connectivity index is 2.12. The fourth-order valence-electron chi connectivity index (χ4n) is 3.75. The van der Waals surface area contributed by atoms with Gasteiger partial charge in [-0.1, -0.05) is 56.3 Å². The minimum Gasteiger partial charge on any atom is -0.197 e. The standard InChI is InChI=1S/C17H19NS/c1-13(2)19-17(12-18)11-14-8-9-16(17,10-14)15-6-4-3-5-7-15/h3-9,13-14H,10-11H2,1-2H3/t14-,16+,17-/m0/s1. The van der Waals surface area contributed by atoms with Crippen LogP contribution in [0.5, 0.6) is 0 Å². The van der Waals surface area contributed by atoms with Crippen molar-refractivity contribution in [3.63, 3.8) is 0 Å². The van der Waals surface area contributed by atoms with Crippen molar-refractivity contribution in [2.45, 2.75) is 42.1 Å². The molecule has 0 unspecified atom stereocenters. The van der Waals surface area contributed by atoms with E-state index in [2.05, 4.69) is 62.4 Å². The van der Waals surface area contributed by atoms with E-state index in [0.717, 1.165) is 12.8 Å². The van der Waals surface area contributed by atoms with E-state index < -0.39 is 0 Å². The van der Waals surface area contributed by atoms with Gasteiger partial charge in [-0.2, -0.15) is 5.26 Å². The summed E-state index contributed by atoms with van der Waals surface area (Å²) in [6.07, 6.45) is 6.74. The zero-order chi connectivity index (χ0) is 13.5. The molecule has 2 aliphatic rings. The van der Waals surface area contributed by atoms with E-state index in [1.165, 1.54) is 5.56 Å². The van der Waals surface area contributed by atoms with E-state index in [4.69, 9.17) is 0 Å². The summed E-state index contributed by atoms with van der Waals surface area (Å²) in [5, 5.41) is 10.4. The molecule has 0 heterocycles. The Labute approximate surface area is 119 Å². The molecule has 1 saturated carbocycles. The van der Waals surface area contributed by atoms with Crippen LogP contribution in [-0.2, 0) is 5.41 Å². The predicted octanol–water partition coefficient (Wildman–Crippen LogP) is 4.31. The third-order valence-corrected chi connectivity index (χ3v) is 5.91. The van der Waals surface area contributed by atoms with Gasteiger partial charge in [-0.15, -0.1) is 11.8 Å². The number of nitrogens with zero attached hydrogens (tertiary/aromatic N) is 1. The molecule has 0 radical (unpaired) electrons. The third-order valence-electron chi connectivity index (χ3n) is 4.41. The summed E-state index contributed by atoms with van der Waals surface area (Å²) < 4.78 is -0.290. The Morgan fingerprint density at radius 3 is 2.58 bits per heavy atom. The van der Waals surface area contributed by atoms with Crippen molar-refractivity contribution in [2.24, 2.45) is 5.92 Å². The quantitative estimate of drug-likeness (QED) is 0.764. The van der Waals surface area contributed by atoms with Gasteiger partial charge in [-0.25, -0.2) is 0 Å². The van der Waals surface area contributed by atoms with Crippen molar-refractivity contribution in [1.82, 2.24) is 0 Å². The second-order valence-electron chi connectivity index (χ2n) is 5.97. The number of thioether (sulfide) groups is 1. The molecule has 98 valence electrons. The summed E-state index contributed by atoms with van der Waals surface area (Å²) in [7, 11) is 0. The van der Waals surface area contributed by atoms with Crippen molar-refractivity contribution in [1.29, 1.82) is 5.26 Å². The zero-order valence-corrected chi connectivity index (χ0v) is 12.3. The van der Waals surface area contributed by atoms with Gasteiger partial charge in [0.2, 0.25) is 0 Å². The van der Waals surface area contributed by atoms with Gasteiger partial charge in [0.1, 0.15) is 4.75 Å². The van der Waals surface area contributed by atoms with Crippen molar-refractivity contribution in [3.05, 3.63) is 48.0 Å².